The van der Waals surface area contributed by atoms with E-state index >= 15 is 0 Å². The van der Waals surface area contributed by atoms with Gasteiger partial charge in [-0.3, -0.25) is 4.79 Å². The Bertz CT molecular complexity index is 742. The first-order valence-corrected chi connectivity index (χ1v) is 8.90. The third kappa shape index (κ3) is 4.70. The molecule has 0 atom stereocenters. The summed E-state index contributed by atoms with van der Waals surface area (Å²) in [5.74, 6) is 0.177. The number of nitrogens with one attached hydrogen (secondary N) is 2. The molecule has 1 aliphatic rings. The molecular formula is C19H25N5O2. The monoisotopic (exact) mass is 355 g/mol. The van der Waals surface area contributed by atoms with E-state index in [2.05, 4.69) is 37.6 Å². The number of nitrogens with zero attached hydrogens (tertiary/aromatic N) is 3. The topological polar surface area (TPSA) is 79.4 Å². The van der Waals surface area contributed by atoms with Gasteiger partial charge in [-0.2, -0.15) is 0 Å². The number of carbonyl (C=O) groups is 1. The van der Waals surface area contributed by atoms with E-state index in [1.807, 2.05) is 19.1 Å². The predicted molar refractivity (Wildman–Crippen MR) is 102 cm³/mol. The summed E-state index contributed by atoms with van der Waals surface area (Å²) in [4.78, 5) is 23.3. The largest absolute Gasteiger partial charge is 0.383 e. The quantitative estimate of drug-likeness (QED) is 0.743. The Balaban J connectivity index is 1.68. The van der Waals surface area contributed by atoms with E-state index in [9.17, 15) is 4.79 Å². The van der Waals surface area contributed by atoms with E-state index in [1.165, 1.54) is 18.5 Å². The zero-order chi connectivity index (χ0) is 18.4. The van der Waals surface area contributed by atoms with Crippen LogP contribution in [0.3, 0.4) is 0 Å². The summed E-state index contributed by atoms with van der Waals surface area (Å²) in [6, 6.07) is 9.89. The Morgan fingerprint density at radius 3 is 2.62 bits per heavy atom. The highest BCUT2D eigenvalue weighted by Crippen LogP contribution is 2.23. The summed E-state index contributed by atoms with van der Waals surface area (Å²) < 4.78 is 4.94. The molecule has 1 fully saturated rings. The fraction of sp³-hybridized carbons (Fsp3) is 0.421. The highest BCUT2D eigenvalue weighted by atomic mass is 16.5. The molecule has 1 amide bonds. The molecule has 0 saturated carbocycles. The predicted octanol–water partition coefficient (Wildman–Crippen LogP) is 2.51. The maximum atomic E-state index is 12.2. The summed E-state index contributed by atoms with van der Waals surface area (Å²) in [5.41, 5.74) is 3.19. The Hall–Kier alpha value is -2.67. The molecule has 2 heterocycles. The Labute approximate surface area is 153 Å². The van der Waals surface area contributed by atoms with Crippen molar-refractivity contribution >= 4 is 23.2 Å². The van der Waals surface area contributed by atoms with Crippen LogP contribution in [-0.2, 0) is 4.74 Å². The number of aromatic nitrogens is 2. The van der Waals surface area contributed by atoms with Crippen molar-refractivity contribution in [1.82, 2.24) is 15.3 Å². The second kappa shape index (κ2) is 8.62. The van der Waals surface area contributed by atoms with Crippen molar-refractivity contribution in [2.45, 2.75) is 19.8 Å². The van der Waals surface area contributed by atoms with Gasteiger partial charge in [0.05, 0.1) is 6.61 Å². The lowest BCUT2D eigenvalue weighted by Gasteiger charge is -2.17. The van der Waals surface area contributed by atoms with Gasteiger partial charge >= 0.3 is 0 Å². The summed E-state index contributed by atoms with van der Waals surface area (Å²) >= 11 is 0. The van der Waals surface area contributed by atoms with Crippen LogP contribution in [0.15, 0.2) is 30.3 Å². The maximum Gasteiger partial charge on any atom is 0.270 e. The lowest BCUT2D eigenvalue weighted by atomic mass is 10.2. The van der Waals surface area contributed by atoms with Crippen molar-refractivity contribution in [2.24, 2.45) is 0 Å². The lowest BCUT2D eigenvalue weighted by Crippen LogP contribution is -2.28. The second-order valence-corrected chi connectivity index (χ2v) is 6.33. The second-order valence-electron chi connectivity index (χ2n) is 6.33. The molecule has 7 nitrogen and oxygen atoms in total. The summed E-state index contributed by atoms with van der Waals surface area (Å²) in [5, 5.41) is 5.95. The van der Waals surface area contributed by atoms with Crippen LogP contribution in [0.4, 0.5) is 17.3 Å². The third-order valence-corrected chi connectivity index (χ3v) is 4.27. The molecule has 0 radical (unpaired) electrons. The average molecular weight is 355 g/mol. The van der Waals surface area contributed by atoms with Crippen molar-refractivity contribution < 1.29 is 9.53 Å². The first-order valence-electron chi connectivity index (χ1n) is 8.90. The molecule has 2 aromatic rings. The number of hydrogen-bond donors (Lipinski definition) is 2. The zero-order valence-corrected chi connectivity index (χ0v) is 15.3. The minimum absolute atomic E-state index is 0.236. The number of carbonyl (C=O) groups excluding carboxylic acids is 1. The molecule has 138 valence electrons. The minimum Gasteiger partial charge on any atom is -0.383 e. The number of rotatable bonds is 7. The fourth-order valence-corrected chi connectivity index (χ4v) is 2.96. The molecule has 0 spiro atoms. The van der Waals surface area contributed by atoms with Gasteiger partial charge in [-0.1, -0.05) is 0 Å². The molecular weight excluding hydrogens is 330 g/mol. The van der Waals surface area contributed by atoms with E-state index in [1.54, 1.807) is 13.2 Å². The maximum absolute atomic E-state index is 12.2. The molecule has 0 aliphatic carbocycles. The fourth-order valence-electron chi connectivity index (χ4n) is 2.96. The molecule has 1 aromatic heterocycles. The van der Waals surface area contributed by atoms with Crippen molar-refractivity contribution in [3.05, 3.63) is 41.7 Å². The van der Waals surface area contributed by atoms with Gasteiger partial charge in [0.25, 0.3) is 5.91 Å². The van der Waals surface area contributed by atoms with Crippen molar-refractivity contribution in [3.8, 4) is 0 Å². The highest BCUT2D eigenvalue weighted by Gasteiger charge is 2.13. The molecule has 26 heavy (non-hydrogen) atoms. The number of hydrogen-bond acceptors (Lipinski definition) is 6. The number of benzene rings is 1. The molecule has 0 bridgehead atoms. The van der Waals surface area contributed by atoms with Gasteiger partial charge in [0.2, 0.25) is 5.95 Å². The van der Waals surface area contributed by atoms with Crippen LogP contribution in [0, 0.1) is 6.92 Å². The molecule has 0 unspecified atom stereocenters. The molecule has 1 aliphatic heterocycles. The molecule has 2 N–H and O–H groups in total. The van der Waals surface area contributed by atoms with Crippen molar-refractivity contribution in [3.63, 3.8) is 0 Å². The van der Waals surface area contributed by atoms with Crippen molar-refractivity contribution in [1.29, 1.82) is 0 Å². The lowest BCUT2D eigenvalue weighted by molar-refractivity contribution is 0.0932. The van der Waals surface area contributed by atoms with E-state index in [0.717, 1.165) is 24.5 Å². The first kappa shape index (κ1) is 18.1. The van der Waals surface area contributed by atoms with Crippen LogP contribution in [0.5, 0.6) is 0 Å². The van der Waals surface area contributed by atoms with Crippen LogP contribution < -0.4 is 15.5 Å². The molecule has 1 aromatic carbocycles. The van der Waals surface area contributed by atoms with Gasteiger partial charge in [-0.15, -0.1) is 0 Å². The molecule has 7 heteroatoms. The SMILES string of the molecule is COCCNC(=O)c1cc(C)nc(Nc2ccc(N3CCCC3)cc2)n1. The normalized spacial score (nSPS) is 13.7. The van der Waals surface area contributed by atoms with Crippen molar-refractivity contribution in [2.75, 3.05) is 43.6 Å². The van der Waals surface area contributed by atoms with E-state index < -0.39 is 0 Å². The standard InChI is InChI=1S/C19H25N5O2/c1-14-13-17(18(25)20-9-12-26-2)23-19(21-14)22-15-5-7-16(8-6-15)24-10-3-4-11-24/h5-8,13H,3-4,9-12H2,1-2H3,(H,20,25)(H,21,22,23). The van der Waals surface area contributed by atoms with Crippen LogP contribution in [0.25, 0.3) is 0 Å². The summed E-state index contributed by atoms with van der Waals surface area (Å²) in [6.07, 6.45) is 2.51. The number of ether oxygens (including phenoxy) is 1. The van der Waals surface area contributed by atoms with Gasteiger partial charge in [-0.05, 0) is 50.1 Å². The van der Waals surface area contributed by atoms with E-state index in [4.69, 9.17) is 4.74 Å². The molecule has 3 rings (SSSR count). The number of anilines is 3. The third-order valence-electron chi connectivity index (χ3n) is 4.27. The summed E-state index contributed by atoms with van der Waals surface area (Å²) in [7, 11) is 1.60. The van der Waals surface area contributed by atoms with Crippen LogP contribution >= 0.6 is 0 Å². The van der Waals surface area contributed by atoms with Gasteiger partial charge in [0.1, 0.15) is 5.69 Å². The van der Waals surface area contributed by atoms with Crippen LogP contribution in [0.1, 0.15) is 29.0 Å². The number of methoxy groups -OCH3 is 1. The Kier molecular flexibility index (Phi) is 6.01. The van der Waals surface area contributed by atoms with Crippen LogP contribution in [-0.4, -0.2) is 49.2 Å². The highest BCUT2D eigenvalue weighted by molar-refractivity contribution is 5.92. The Morgan fingerprint density at radius 1 is 1.19 bits per heavy atom. The summed E-state index contributed by atoms with van der Waals surface area (Å²) in [6.45, 7) is 4.99. The van der Waals surface area contributed by atoms with E-state index in [0.29, 0.717) is 24.8 Å². The van der Waals surface area contributed by atoms with Gasteiger partial charge < -0.3 is 20.3 Å². The average Bonchev–Trinajstić information content (AvgIpc) is 3.16. The zero-order valence-electron chi connectivity index (χ0n) is 15.3. The molecule has 1 saturated heterocycles. The van der Waals surface area contributed by atoms with Gasteiger partial charge in [0, 0.05) is 43.8 Å². The smallest absolute Gasteiger partial charge is 0.270 e. The number of amides is 1. The van der Waals surface area contributed by atoms with Gasteiger partial charge in [-0.25, -0.2) is 9.97 Å². The minimum atomic E-state index is -0.236. The number of aryl methyl sites for hydroxylation is 1. The van der Waals surface area contributed by atoms with Crippen LogP contribution in [0.2, 0.25) is 0 Å². The van der Waals surface area contributed by atoms with E-state index in [-0.39, 0.29) is 5.91 Å². The van der Waals surface area contributed by atoms with Gasteiger partial charge in [0.15, 0.2) is 0 Å². The Morgan fingerprint density at radius 2 is 1.92 bits per heavy atom. The first-order chi connectivity index (χ1) is 12.7.